The molecule has 5 nitrogen and oxygen atoms in total. The molecule has 0 aliphatic rings. The number of amides is 2. The Kier molecular flexibility index (Phi) is 6.49. The zero-order chi connectivity index (χ0) is 17.6. The molecule has 23 heavy (non-hydrogen) atoms. The van der Waals surface area contributed by atoms with Gasteiger partial charge >= 0.3 is 0 Å². The number of rotatable bonds is 6. The van der Waals surface area contributed by atoms with Gasteiger partial charge in [-0.25, -0.2) is 0 Å². The van der Waals surface area contributed by atoms with Crippen LogP contribution >= 0.6 is 0 Å². The predicted octanol–water partition coefficient (Wildman–Crippen LogP) is 2.40. The van der Waals surface area contributed by atoms with E-state index in [1.165, 1.54) is 4.90 Å². The van der Waals surface area contributed by atoms with E-state index in [1.807, 2.05) is 32.9 Å². The van der Waals surface area contributed by atoms with Crippen LogP contribution in [0.5, 0.6) is 0 Å². The van der Waals surface area contributed by atoms with Gasteiger partial charge in [-0.3, -0.25) is 14.4 Å². The Labute approximate surface area is 138 Å². The highest BCUT2D eigenvalue weighted by Crippen LogP contribution is 2.13. The number of hydrogen-bond donors (Lipinski definition) is 1. The molecule has 2 amide bonds. The summed E-state index contributed by atoms with van der Waals surface area (Å²) in [4.78, 5) is 36.8. The molecule has 5 heteroatoms. The summed E-state index contributed by atoms with van der Waals surface area (Å²) in [6, 6.07) is 7.12. The SMILES string of the molecule is CN(C)C(=O)CCC(=O)c1ccc(CNC(=O)C(C)(C)C)cc1. The fourth-order valence-electron chi connectivity index (χ4n) is 1.84. The fraction of sp³-hybridized carbons (Fsp3) is 0.500. The minimum absolute atomic E-state index is 0.0140. The van der Waals surface area contributed by atoms with E-state index in [2.05, 4.69) is 5.32 Å². The highest BCUT2D eigenvalue weighted by atomic mass is 16.2. The molecule has 126 valence electrons. The van der Waals surface area contributed by atoms with E-state index >= 15 is 0 Å². The Bertz CT molecular complexity index is 569. The molecule has 1 aromatic carbocycles. The van der Waals surface area contributed by atoms with Gasteiger partial charge in [0.25, 0.3) is 0 Å². The molecule has 0 fully saturated rings. The fourth-order valence-corrected chi connectivity index (χ4v) is 1.84. The number of carbonyl (C=O) groups is 3. The standard InChI is InChI=1S/C18H26N2O3/c1-18(2,3)17(23)19-12-13-6-8-14(9-7-13)15(21)10-11-16(22)20(4)5/h6-9H,10-12H2,1-5H3,(H,19,23). The van der Waals surface area contributed by atoms with Crippen molar-refractivity contribution in [3.8, 4) is 0 Å². The quantitative estimate of drug-likeness (QED) is 0.819. The highest BCUT2D eigenvalue weighted by Gasteiger charge is 2.20. The zero-order valence-electron chi connectivity index (χ0n) is 14.6. The van der Waals surface area contributed by atoms with Crippen LogP contribution in [0.15, 0.2) is 24.3 Å². The van der Waals surface area contributed by atoms with Crippen molar-refractivity contribution in [1.82, 2.24) is 10.2 Å². The van der Waals surface area contributed by atoms with Gasteiger partial charge in [-0.15, -0.1) is 0 Å². The van der Waals surface area contributed by atoms with E-state index < -0.39 is 5.41 Å². The van der Waals surface area contributed by atoms with Crippen LogP contribution in [0.2, 0.25) is 0 Å². The number of Topliss-reactive ketones (excluding diaryl/α,β-unsaturated/α-hetero) is 1. The third-order valence-corrected chi connectivity index (χ3v) is 3.47. The maximum absolute atomic E-state index is 12.0. The summed E-state index contributed by atoms with van der Waals surface area (Å²) in [5.74, 6) is -0.120. The van der Waals surface area contributed by atoms with E-state index in [1.54, 1.807) is 26.2 Å². The van der Waals surface area contributed by atoms with Gasteiger partial charge in [0.15, 0.2) is 5.78 Å². The molecule has 0 bridgehead atoms. The largest absolute Gasteiger partial charge is 0.352 e. The molecule has 0 unspecified atom stereocenters. The number of nitrogens with zero attached hydrogens (tertiary/aromatic N) is 1. The third kappa shape index (κ3) is 6.22. The number of benzene rings is 1. The Hall–Kier alpha value is -2.17. The van der Waals surface area contributed by atoms with Crippen LogP contribution in [0.1, 0.15) is 49.5 Å². The average Bonchev–Trinajstić information content (AvgIpc) is 2.49. The van der Waals surface area contributed by atoms with Crippen molar-refractivity contribution in [2.45, 2.75) is 40.2 Å². The molecular formula is C18H26N2O3. The van der Waals surface area contributed by atoms with Crippen molar-refractivity contribution < 1.29 is 14.4 Å². The molecular weight excluding hydrogens is 292 g/mol. The third-order valence-electron chi connectivity index (χ3n) is 3.47. The molecule has 1 rings (SSSR count). The van der Waals surface area contributed by atoms with E-state index in [-0.39, 0.29) is 30.4 Å². The second-order valence-electron chi connectivity index (χ2n) is 6.84. The highest BCUT2D eigenvalue weighted by molar-refractivity contribution is 5.97. The summed E-state index contributed by atoms with van der Waals surface area (Å²) < 4.78 is 0. The molecule has 0 spiro atoms. The van der Waals surface area contributed by atoms with Crippen molar-refractivity contribution >= 4 is 17.6 Å². The monoisotopic (exact) mass is 318 g/mol. The molecule has 0 radical (unpaired) electrons. The van der Waals surface area contributed by atoms with E-state index in [4.69, 9.17) is 0 Å². The summed E-state index contributed by atoms with van der Waals surface area (Å²) in [5, 5.41) is 2.87. The normalized spacial score (nSPS) is 11.0. The maximum Gasteiger partial charge on any atom is 0.225 e. The second kappa shape index (κ2) is 7.90. The summed E-state index contributed by atoms with van der Waals surface area (Å²) >= 11 is 0. The van der Waals surface area contributed by atoms with Crippen LogP contribution in [0.25, 0.3) is 0 Å². The minimum atomic E-state index is -0.422. The van der Waals surface area contributed by atoms with Crippen molar-refractivity contribution in [2.24, 2.45) is 5.41 Å². The van der Waals surface area contributed by atoms with Gasteiger partial charge in [-0.2, -0.15) is 0 Å². The van der Waals surface area contributed by atoms with Crippen molar-refractivity contribution in [2.75, 3.05) is 14.1 Å². The first kappa shape index (κ1) is 18.9. The lowest BCUT2D eigenvalue weighted by Gasteiger charge is -2.17. The van der Waals surface area contributed by atoms with Crippen molar-refractivity contribution in [1.29, 1.82) is 0 Å². The molecule has 0 heterocycles. The van der Waals surface area contributed by atoms with Gasteiger partial charge in [-0.1, -0.05) is 45.0 Å². The lowest BCUT2D eigenvalue weighted by Crippen LogP contribution is -2.34. The van der Waals surface area contributed by atoms with E-state index in [9.17, 15) is 14.4 Å². The number of hydrogen-bond acceptors (Lipinski definition) is 3. The summed E-state index contributed by atoms with van der Waals surface area (Å²) in [7, 11) is 3.35. The first-order valence-electron chi connectivity index (χ1n) is 7.72. The Balaban J connectivity index is 2.54. The van der Waals surface area contributed by atoms with Crippen molar-refractivity contribution in [3.05, 3.63) is 35.4 Å². The maximum atomic E-state index is 12.0. The zero-order valence-corrected chi connectivity index (χ0v) is 14.6. The lowest BCUT2D eigenvalue weighted by atomic mass is 9.95. The Morgan fingerprint density at radius 2 is 1.57 bits per heavy atom. The summed E-state index contributed by atoms with van der Waals surface area (Å²) in [6.07, 6.45) is 0.423. The molecule has 0 saturated heterocycles. The van der Waals surface area contributed by atoms with Gasteiger partial charge in [0.1, 0.15) is 0 Å². The average molecular weight is 318 g/mol. The molecule has 0 atom stereocenters. The Morgan fingerprint density at radius 3 is 2.04 bits per heavy atom. The first-order chi connectivity index (χ1) is 10.6. The molecule has 0 aliphatic heterocycles. The lowest BCUT2D eigenvalue weighted by molar-refractivity contribution is -0.129. The van der Waals surface area contributed by atoms with Gasteiger partial charge in [-0.05, 0) is 5.56 Å². The number of nitrogens with one attached hydrogen (secondary N) is 1. The predicted molar refractivity (Wildman–Crippen MR) is 90.0 cm³/mol. The molecule has 0 aliphatic carbocycles. The van der Waals surface area contributed by atoms with E-state index in [0.717, 1.165) is 5.56 Å². The first-order valence-corrected chi connectivity index (χ1v) is 7.72. The molecule has 1 N–H and O–H groups in total. The number of ketones is 1. The topological polar surface area (TPSA) is 66.5 Å². The Morgan fingerprint density at radius 1 is 1.00 bits per heavy atom. The van der Waals surface area contributed by atoms with E-state index in [0.29, 0.717) is 12.1 Å². The van der Waals surface area contributed by atoms with Crippen LogP contribution in [-0.4, -0.2) is 36.6 Å². The van der Waals surface area contributed by atoms with Gasteiger partial charge in [0, 0.05) is 44.5 Å². The van der Waals surface area contributed by atoms with Crippen LogP contribution in [0.4, 0.5) is 0 Å². The molecule has 0 saturated carbocycles. The van der Waals surface area contributed by atoms with Crippen LogP contribution in [0, 0.1) is 5.41 Å². The second-order valence-corrected chi connectivity index (χ2v) is 6.84. The summed E-state index contributed by atoms with van der Waals surface area (Å²) in [6.45, 7) is 6.01. The molecule has 1 aromatic rings. The minimum Gasteiger partial charge on any atom is -0.352 e. The van der Waals surface area contributed by atoms with Crippen LogP contribution in [-0.2, 0) is 16.1 Å². The van der Waals surface area contributed by atoms with Crippen LogP contribution < -0.4 is 5.32 Å². The smallest absolute Gasteiger partial charge is 0.225 e. The number of carbonyl (C=O) groups excluding carboxylic acids is 3. The molecule has 0 aromatic heterocycles. The van der Waals surface area contributed by atoms with Crippen molar-refractivity contribution in [3.63, 3.8) is 0 Å². The van der Waals surface area contributed by atoms with Gasteiger partial charge in [0.05, 0.1) is 0 Å². The van der Waals surface area contributed by atoms with Crippen LogP contribution in [0.3, 0.4) is 0 Å². The van der Waals surface area contributed by atoms with Gasteiger partial charge < -0.3 is 10.2 Å². The van der Waals surface area contributed by atoms with Gasteiger partial charge in [0.2, 0.25) is 11.8 Å². The summed E-state index contributed by atoms with van der Waals surface area (Å²) in [5.41, 5.74) is 1.10.